The number of halogens is 1. The molecular weight excluding hydrogens is 288 g/mol. The van der Waals surface area contributed by atoms with E-state index in [2.05, 4.69) is 21.2 Å². The van der Waals surface area contributed by atoms with Crippen molar-refractivity contribution >= 4 is 27.3 Å². The number of nitrogens with zero attached hydrogens (tertiary/aromatic N) is 1. The number of anilines is 1. The summed E-state index contributed by atoms with van der Waals surface area (Å²) in [4.78, 5) is 10.2. The fourth-order valence-electron chi connectivity index (χ4n) is 1.16. The van der Waals surface area contributed by atoms with Gasteiger partial charge in [0.05, 0.1) is 9.40 Å². The molecule has 5 nitrogen and oxygen atoms in total. The lowest BCUT2D eigenvalue weighted by molar-refractivity contribution is -0.385. The minimum absolute atomic E-state index is 0.0389. The summed E-state index contributed by atoms with van der Waals surface area (Å²) in [6.45, 7) is 4.53. The van der Waals surface area contributed by atoms with Gasteiger partial charge in [-0.25, -0.2) is 0 Å². The summed E-state index contributed by atoms with van der Waals surface area (Å²) in [6.07, 6.45) is 0. The minimum Gasteiger partial charge on any atom is -0.396 e. The predicted octanol–water partition coefficient (Wildman–Crippen LogP) is 2.79. The molecule has 0 saturated carbocycles. The second kappa shape index (κ2) is 5.46. The van der Waals surface area contributed by atoms with Crippen molar-refractivity contribution < 1.29 is 10.0 Å². The van der Waals surface area contributed by atoms with E-state index in [1.165, 1.54) is 6.07 Å². The van der Waals surface area contributed by atoms with E-state index in [0.29, 0.717) is 11.0 Å². The number of aliphatic hydroxyl groups is 1. The molecule has 17 heavy (non-hydrogen) atoms. The molecule has 0 aliphatic rings. The second-order valence-corrected chi connectivity index (χ2v) is 5.45. The third kappa shape index (κ3) is 3.98. The van der Waals surface area contributed by atoms with Gasteiger partial charge in [-0.05, 0) is 28.1 Å². The quantitative estimate of drug-likeness (QED) is 0.648. The first-order valence-corrected chi connectivity index (χ1v) is 5.94. The predicted molar refractivity (Wildman–Crippen MR) is 70.2 cm³/mol. The van der Waals surface area contributed by atoms with Crippen molar-refractivity contribution in [2.45, 2.75) is 13.8 Å². The van der Waals surface area contributed by atoms with Crippen LogP contribution < -0.4 is 5.32 Å². The lowest BCUT2D eigenvalue weighted by Crippen LogP contribution is -2.26. The Labute approximate surface area is 108 Å². The van der Waals surface area contributed by atoms with Crippen LogP contribution in [0.15, 0.2) is 22.7 Å². The number of hydrogen-bond donors (Lipinski definition) is 2. The van der Waals surface area contributed by atoms with Crippen molar-refractivity contribution in [3.63, 3.8) is 0 Å². The topological polar surface area (TPSA) is 75.4 Å². The van der Waals surface area contributed by atoms with Gasteiger partial charge in [0.1, 0.15) is 0 Å². The molecule has 0 amide bonds. The van der Waals surface area contributed by atoms with Crippen LogP contribution in [0.1, 0.15) is 13.8 Å². The van der Waals surface area contributed by atoms with Gasteiger partial charge in [0.25, 0.3) is 5.69 Å². The van der Waals surface area contributed by atoms with Gasteiger partial charge < -0.3 is 10.4 Å². The molecule has 1 rings (SSSR count). The third-order valence-electron chi connectivity index (χ3n) is 2.34. The Kier molecular flexibility index (Phi) is 4.47. The minimum atomic E-state index is -0.439. The van der Waals surface area contributed by atoms with E-state index in [1.54, 1.807) is 12.1 Å². The van der Waals surface area contributed by atoms with Crippen molar-refractivity contribution in [3.05, 3.63) is 32.8 Å². The average molecular weight is 303 g/mol. The van der Waals surface area contributed by atoms with Gasteiger partial charge >= 0.3 is 0 Å². The summed E-state index contributed by atoms with van der Waals surface area (Å²) in [6, 6.07) is 4.75. The van der Waals surface area contributed by atoms with Crippen LogP contribution in [-0.2, 0) is 0 Å². The smallest absolute Gasteiger partial charge is 0.283 e. The summed E-state index contributed by atoms with van der Waals surface area (Å²) >= 11 is 3.15. The molecule has 1 aromatic rings. The number of nitrogens with one attached hydrogen (secondary N) is 1. The van der Waals surface area contributed by atoms with Crippen LogP contribution in [-0.4, -0.2) is 23.2 Å². The highest BCUT2D eigenvalue weighted by Crippen LogP contribution is 2.28. The Bertz CT molecular complexity index is 421. The number of aliphatic hydroxyl groups excluding tert-OH is 1. The standard InChI is InChI=1S/C11H15BrN2O3/c1-11(2,7-15)6-13-8-3-4-10(14(16)17)9(12)5-8/h3-5,13,15H,6-7H2,1-2H3. The van der Waals surface area contributed by atoms with Crippen LogP contribution in [0.4, 0.5) is 11.4 Å². The summed E-state index contributed by atoms with van der Waals surface area (Å²) < 4.78 is 0.439. The first-order valence-electron chi connectivity index (χ1n) is 5.14. The van der Waals surface area contributed by atoms with Crippen LogP contribution in [0.5, 0.6) is 0 Å². The van der Waals surface area contributed by atoms with Crippen LogP contribution in [0.25, 0.3) is 0 Å². The molecule has 0 atom stereocenters. The molecule has 0 saturated heterocycles. The van der Waals surface area contributed by atoms with Gasteiger partial charge in [0, 0.05) is 30.3 Å². The fraction of sp³-hybridized carbons (Fsp3) is 0.455. The van der Waals surface area contributed by atoms with E-state index in [9.17, 15) is 10.1 Å². The normalized spacial score (nSPS) is 11.3. The van der Waals surface area contributed by atoms with Crippen LogP contribution in [0.2, 0.25) is 0 Å². The molecule has 0 unspecified atom stereocenters. The molecule has 2 N–H and O–H groups in total. The Hall–Kier alpha value is -1.14. The van der Waals surface area contributed by atoms with Crippen molar-refractivity contribution in [1.82, 2.24) is 0 Å². The lowest BCUT2D eigenvalue weighted by atomic mass is 9.95. The zero-order chi connectivity index (χ0) is 13.1. The molecule has 0 aromatic heterocycles. The Morgan fingerprint density at radius 1 is 1.53 bits per heavy atom. The van der Waals surface area contributed by atoms with Gasteiger partial charge in [-0.2, -0.15) is 0 Å². The number of hydrogen-bond acceptors (Lipinski definition) is 4. The number of nitro benzene ring substituents is 1. The average Bonchev–Trinajstić information content (AvgIpc) is 2.26. The highest BCUT2D eigenvalue weighted by atomic mass is 79.9. The maximum absolute atomic E-state index is 10.6. The highest BCUT2D eigenvalue weighted by Gasteiger charge is 2.17. The molecular formula is C11H15BrN2O3. The lowest BCUT2D eigenvalue weighted by Gasteiger charge is -2.22. The van der Waals surface area contributed by atoms with Gasteiger partial charge in [-0.15, -0.1) is 0 Å². The van der Waals surface area contributed by atoms with Crippen LogP contribution >= 0.6 is 15.9 Å². The molecule has 94 valence electrons. The Balaban J connectivity index is 2.75. The number of nitro groups is 1. The molecule has 0 heterocycles. The molecule has 0 spiro atoms. The monoisotopic (exact) mass is 302 g/mol. The van der Waals surface area contributed by atoms with E-state index < -0.39 is 4.92 Å². The molecule has 6 heteroatoms. The maximum Gasteiger partial charge on any atom is 0.283 e. The summed E-state index contributed by atoms with van der Waals surface area (Å²) in [7, 11) is 0. The number of rotatable bonds is 5. The summed E-state index contributed by atoms with van der Waals surface area (Å²) in [5.74, 6) is 0. The first-order chi connectivity index (χ1) is 7.85. The summed E-state index contributed by atoms with van der Waals surface area (Å²) in [5, 5.41) is 22.9. The van der Waals surface area contributed by atoms with Crippen molar-refractivity contribution in [3.8, 4) is 0 Å². The Morgan fingerprint density at radius 2 is 2.18 bits per heavy atom. The fourth-order valence-corrected chi connectivity index (χ4v) is 1.69. The van der Waals surface area contributed by atoms with Gasteiger partial charge in [0.2, 0.25) is 0 Å². The van der Waals surface area contributed by atoms with Crippen LogP contribution in [0, 0.1) is 15.5 Å². The van der Waals surface area contributed by atoms with E-state index >= 15 is 0 Å². The first kappa shape index (κ1) is 13.9. The molecule has 0 bridgehead atoms. The highest BCUT2D eigenvalue weighted by molar-refractivity contribution is 9.10. The maximum atomic E-state index is 10.6. The molecule has 1 aromatic carbocycles. The summed E-state index contributed by atoms with van der Waals surface area (Å²) in [5.41, 5.74) is 0.592. The zero-order valence-corrected chi connectivity index (χ0v) is 11.3. The van der Waals surface area contributed by atoms with Crippen molar-refractivity contribution in [1.29, 1.82) is 0 Å². The molecule has 0 aliphatic carbocycles. The van der Waals surface area contributed by atoms with Crippen LogP contribution in [0.3, 0.4) is 0 Å². The van der Waals surface area contributed by atoms with E-state index in [1.807, 2.05) is 13.8 Å². The second-order valence-electron chi connectivity index (χ2n) is 4.60. The molecule has 0 radical (unpaired) electrons. The largest absolute Gasteiger partial charge is 0.396 e. The van der Waals surface area contributed by atoms with E-state index in [0.717, 1.165) is 5.69 Å². The van der Waals surface area contributed by atoms with Gasteiger partial charge in [-0.3, -0.25) is 10.1 Å². The van der Waals surface area contributed by atoms with E-state index in [4.69, 9.17) is 5.11 Å². The van der Waals surface area contributed by atoms with Crippen molar-refractivity contribution in [2.24, 2.45) is 5.41 Å². The molecule has 0 aliphatic heterocycles. The third-order valence-corrected chi connectivity index (χ3v) is 2.98. The SMILES string of the molecule is CC(C)(CO)CNc1ccc([N+](=O)[O-])c(Br)c1. The van der Waals surface area contributed by atoms with Gasteiger partial charge in [0.15, 0.2) is 0 Å². The molecule has 0 fully saturated rings. The van der Waals surface area contributed by atoms with E-state index in [-0.39, 0.29) is 17.7 Å². The zero-order valence-electron chi connectivity index (χ0n) is 9.74. The number of benzene rings is 1. The van der Waals surface area contributed by atoms with Crippen molar-refractivity contribution in [2.75, 3.05) is 18.5 Å². The van der Waals surface area contributed by atoms with Gasteiger partial charge in [-0.1, -0.05) is 13.8 Å². The Morgan fingerprint density at radius 3 is 2.65 bits per heavy atom.